The van der Waals surface area contributed by atoms with Crippen LogP contribution in [0.4, 0.5) is 0 Å². The summed E-state index contributed by atoms with van der Waals surface area (Å²) < 4.78 is 0. The molecular formula is C34H58N6. The fourth-order valence-corrected chi connectivity index (χ4v) is 5.83. The maximum atomic E-state index is 4.03. The first-order chi connectivity index (χ1) is 19.2. The van der Waals surface area contributed by atoms with E-state index in [0.29, 0.717) is 12.1 Å². The fourth-order valence-electron chi connectivity index (χ4n) is 5.83. The van der Waals surface area contributed by atoms with Crippen LogP contribution in [0.2, 0.25) is 0 Å². The summed E-state index contributed by atoms with van der Waals surface area (Å²) in [5.74, 6) is 0. The highest BCUT2D eigenvalue weighted by molar-refractivity contribution is 5.24. The van der Waals surface area contributed by atoms with Crippen LogP contribution in [-0.4, -0.2) is 35.5 Å². The molecule has 1 aliphatic rings. The molecule has 40 heavy (non-hydrogen) atoms. The van der Waals surface area contributed by atoms with E-state index in [-0.39, 0.29) is 17.4 Å². The third kappa shape index (κ3) is 11.2. The van der Waals surface area contributed by atoms with Crippen LogP contribution < -0.4 is 26.8 Å². The van der Waals surface area contributed by atoms with E-state index in [1.165, 1.54) is 49.7 Å². The van der Waals surface area contributed by atoms with Crippen molar-refractivity contribution < 1.29 is 0 Å². The molecule has 0 saturated heterocycles. The van der Waals surface area contributed by atoms with Gasteiger partial charge in [0.25, 0.3) is 0 Å². The molecule has 6 nitrogen and oxygen atoms in total. The molecule has 0 spiro atoms. The maximum absolute atomic E-state index is 4.03. The highest BCUT2D eigenvalue weighted by atomic mass is 15.8. The molecule has 0 aromatic heterocycles. The Kier molecular flexibility index (Phi) is 13.6. The van der Waals surface area contributed by atoms with Crippen LogP contribution >= 0.6 is 0 Å². The Bertz CT molecular complexity index is 922. The predicted octanol–water partition coefficient (Wildman–Crippen LogP) is 6.57. The number of unbranched alkanes of at least 4 members (excludes halogenated alkanes) is 1. The molecule has 1 aliphatic carbocycles. The zero-order valence-corrected chi connectivity index (χ0v) is 26.2. The van der Waals surface area contributed by atoms with Crippen LogP contribution in [-0.2, 0) is 12.2 Å². The monoisotopic (exact) mass is 550 g/mol. The van der Waals surface area contributed by atoms with Crippen molar-refractivity contribution in [2.75, 3.05) is 6.54 Å². The van der Waals surface area contributed by atoms with Crippen LogP contribution in [0.3, 0.4) is 0 Å². The number of nitrogens with one attached hydrogen (secondary N) is 5. The van der Waals surface area contributed by atoms with Gasteiger partial charge in [0.1, 0.15) is 0 Å². The van der Waals surface area contributed by atoms with Crippen molar-refractivity contribution in [2.45, 2.75) is 135 Å². The Morgan fingerprint density at radius 2 is 1.55 bits per heavy atom. The predicted molar refractivity (Wildman–Crippen MR) is 170 cm³/mol. The lowest BCUT2D eigenvalue weighted by Crippen LogP contribution is -2.64. The van der Waals surface area contributed by atoms with E-state index >= 15 is 0 Å². The van der Waals surface area contributed by atoms with Crippen LogP contribution in [0, 0.1) is 0 Å². The van der Waals surface area contributed by atoms with Gasteiger partial charge in [0, 0.05) is 24.2 Å². The smallest absolute Gasteiger partial charge is 0.0954 e. The Labute approximate surface area is 245 Å². The maximum Gasteiger partial charge on any atom is 0.0954 e. The molecule has 5 N–H and O–H groups in total. The van der Waals surface area contributed by atoms with Crippen LogP contribution in [0.1, 0.15) is 110 Å². The summed E-state index contributed by atoms with van der Waals surface area (Å²) in [4.78, 5) is 0. The summed E-state index contributed by atoms with van der Waals surface area (Å²) in [6.07, 6.45) is 10.8. The second-order valence-corrected chi connectivity index (χ2v) is 13.0. The molecule has 2 unspecified atom stereocenters. The lowest BCUT2D eigenvalue weighted by atomic mass is 9.89. The van der Waals surface area contributed by atoms with E-state index in [0.717, 1.165) is 32.4 Å². The summed E-state index contributed by atoms with van der Waals surface area (Å²) in [6, 6.07) is 22.6. The zero-order chi connectivity index (χ0) is 28.8. The fraction of sp³-hybridized carbons (Fsp3) is 0.647. The number of hydrogen-bond donors (Lipinski definition) is 5. The number of rotatable bonds is 17. The lowest BCUT2D eigenvalue weighted by molar-refractivity contribution is -0.00194. The van der Waals surface area contributed by atoms with Crippen molar-refractivity contribution >= 4 is 0 Å². The first-order valence-electron chi connectivity index (χ1n) is 15.9. The number of hydrazine groups is 2. The summed E-state index contributed by atoms with van der Waals surface area (Å²) in [7, 11) is 0. The first kappa shape index (κ1) is 32.7. The van der Waals surface area contributed by atoms with E-state index in [9.17, 15) is 0 Å². The Morgan fingerprint density at radius 3 is 2.15 bits per heavy atom. The summed E-state index contributed by atoms with van der Waals surface area (Å²) in [6.45, 7) is 15.3. The topological polar surface area (TPSA) is 63.4 Å². The van der Waals surface area contributed by atoms with E-state index in [1.54, 1.807) is 0 Å². The Hall–Kier alpha value is -1.80. The van der Waals surface area contributed by atoms with Gasteiger partial charge < -0.3 is 0 Å². The van der Waals surface area contributed by atoms with Crippen molar-refractivity contribution in [3.05, 3.63) is 71.8 Å². The van der Waals surface area contributed by atoms with Crippen molar-refractivity contribution in [3.8, 4) is 0 Å². The Balaban J connectivity index is 1.89. The highest BCUT2D eigenvalue weighted by Gasteiger charge is 2.36. The van der Waals surface area contributed by atoms with E-state index in [2.05, 4.69) is 134 Å². The molecule has 0 aliphatic heterocycles. The van der Waals surface area contributed by atoms with Crippen LogP contribution in [0.5, 0.6) is 0 Å². The van der Waals surface area contributed by atoms with Crippen molar-refractivity contribution in [1.82, 2.24) is 31.9 Å². The van der Waals surface area contributed by atoms with E-state index in [4.69, 9.17) is 0 Å². The summed E-state index contributed by atoms with van der Waals surface area (Å²) in [5.41, 5.74) is 9.91. The number of benzene rings is 2. The minimum atomic E-state index is -0.332. The normalized spacial score (nSPS) is 17.3. The van der Waals surface area contributed by atoms with Crippen molar-refractivity contribution in [3.63, 3.8) is 0 Å². The molecule has 224 valence electrons. The molecule has 6 heteroatoms. The minimum absolute atomic E-state index is 0.0539. The standard InChI is InChI=1S/C34H58N6/c1-7-8-26-35-34(39-33(4,5)6,30-20-14-10-15-21-30)25-24-32(37-28(2)3)40(38-31-22-16-11-17-23-31)36-27-29-18-12-9-13-19-29/h9-10,12-15,18-21,28,31-32,35-39H,7-8,11,16-17,22-27H2,1-6H3. The van der Waals surface area contributed by atoms with Gasteiger partial charge >= 0.3 is 0 Å². The number of hydrogen-bond acceptors (Lipinski definition) is 6. The van der Waals surface area contributed by atoms with E-state index in [1.807, 2.05) is 0 Å². The SMILES string of the molecule is CCCCNC(CCC(NC(C)C)N(NCc1ccccc1)NC1CCCCC1)(NC(C)(C)C)c1ccccc1. The average molecular weight is 551 g/mol. The van der Waals surface area contributed by atoms with Crippen LogP contribution in [0.15, 0.2) is 60.7 Å². The molecule has 0 radical (unpaired) electrons. The summed E-state index contributed by atoms with van der Waals surface area (Å²) >= 11 is 0. The Morgan fingerprint density at radius 1 is 0.900 bits per heavy atom. The zero-order valence-electron chi connectivity index (χ0n) is 26.2. The van der Waals surface area contributed by atoms with Gasteiger partial charge in [0.15, 0.2) is 0 Å². The second-order valence-electron chi connectivity index (χ2n) is 13.0. The molecule has 0 bridgehead atoms. The molecule has 3 rings (SSSR count). The average Bonchev–Trinajstić information content (AvgIpc) is 2.94. The van der Waals surface area contributed by atoms with Gasteiger partial charge in [0.2, 0.25) is 0 Å². The summed E-state index contributed by atoms with van der Waals surface area (Å²) in [5, 5.41) is 14.2. The third-order valence-electron chi connectivity index (χ3n) is 7.67. The molecular weight excluding hydrogens is 492 g/mol. The van der Waals surface area contributed by atoms with Gasteiger partial charge in [-0.1, -0.05) is 93.3 Å². The molecule has 2 aromatic carbocycles. The lowest BCUT2D eigenvalue weighted by Gasteiger charge is -2.44. The van der Waals surface area contributed by atoms with Crippen molar-refractivity contribution in [1.29, 1.82) is 0 Å². The van der Waals surface area contributed by atoms with Gasteiger partial charge in [-0.15, -0.1) is 0 Å². The third-order valence-corrected chi connectivity index (χ3v) is 7.67. The molecule has 1 fully saturated rings. The molecule has 0 heterocycles. The van der Waals surface area contributed by atoms with Gasteiger partial charge in [-0.05, 0) is 84.4 Å². The van der Waals surface area contributed by atoms with Gasteiger partial charge in [-0.25, -0.2) is 10.9 Å². The first-order valence-corrected chi connectivity index (χ1v) is 15.9. The largest absolute Gasteiger partial charge is 0.297 e. The molecule has 2 atom stereocenters. The van der Waals surface area contributed by atoms with Gasteiger partial charge in [-0.3, -0.25) is 16.0 Å². The molecule has 1 saturated carbocycles. The van der Waals surface area contributed by atoms with Crippen molar-refractivity contribution in [2.24, 2.45) is 0 Å². The quantitative estimate of drug-likeness (QED) is 0.0873. The number of nitrogens with zero attached hydrogens (tertiary/aromatic N) is 1. The van der Waals surface area contributed by atoms with Gasteiger partial charge in [-0.2, -0.15) is 5.12 Å². The molecule has 0 amide bonds. The van der Waals surface area contributed by atoms with Crippen LogP contribution in [0.25, 0.3) is 0 Å². The second kappa shape index (κ2) is 16.6. The highest BCUT2D eigenvalue weighted by Crippen LogP contribution is 2.28. The van der Waals surface area contributed by atoms with E-state index < -0.39 is 0 Å². The van der Waals surface area contributed by atoms with Gasteiger partial charge in [0.05, 0.1) is 11.8 Å². The minimum Gasteiger partial charge on any atom is -0.297 e. The molecule has 2 aromatic rings.